The highest BCUT2D eigenvalue weighted by atomic mass is 35.5. The first-order valence-electron chi connectivity index (χ1n) is 5.43. The second-order valence-electron chi connectivity index (χ2n) is 3.68. The molecule has 0 saturated carbocycles. The van der Waals surface area contributed by atoms with Gasteiger partial charge in [-0.05, 0) is 24.3 Å². The minimum Gasteiger partial charge on any atom is -0.477 e. The van der Waals surface area contributed by atoms with Crippen molar-refractivity contribution in [2.75, 3.05) is 10.6 Å². The van der Waals surface area contributed by atoms with Crippen LogP contribution < -0.4 is 10.6 Å². The Hall–Kier alpha value is -2.67. The Morgan fingerprint density at radius 2 is 1.65 bits per heavy atom. The fourth-order valence-electron chi connectivity index (χ4n) is 1.40. The Balaban J connectivity index is 2.04. The van der Waals surface area contributed by atoms with E-state index in [0.29, 0.717) is 11.4 Å². The van der Waals surface area contributed by atoms with Crippen molar-refractivity contribution in [2.45, 2.75) is 0 Å². The Morgan fingerprint density at radius 3 is 2.25 bits per heavy atom. The third kappa shape index (κ3) is 3.66. The largest absolute Gasteiger partial charge is 0.477 e. The number of pyridine rings is 2. The average Bonchev–Trinajstić information content (AvgIpc) is 2.38. The first-order valence-corrected chi connectivity index (χ1v) is 5.81. The predicted molar refractivity (Wildman–Crippen MR) is 73.1 cm³/mol. The summed E-state index contributed by atoms with van der Waals surface area (Å²) in [5.74, 6) is -1.17. The molecule has 0 aliphatic heterocycles. The van der Waals surface area contributed by atoms with E-state index >= 15 is 0 Å². The number of amides is 2. The smallest absolute Gasteiger partial charge is 0.354 e. The van der Waals surface area contributed by atoms with E-state index in [-0.39, 0.29) is 10.8 Å². The van der Waals surface area contributed by atoms with Crippen molar-refractivity contribution in [1.82, 2.24) is 9.97 Å². The molecule has 0 radical (unpaired) electrons. The summed E-state index contributed by atoms with van der Waals surface area (Å²) in [7, 11) is 0. The van der Waals surface area contributed by atoms with Gasteiger partial charge in [-0.15, -0.1) is 0 Å². The molecule has 0 atom stereocenters. The Morgan fingerprint density at radius 1 is 1.05 bits per heavy atom. The number of anilines is 2. The second kappa shape index (κ2) is 5.98. The van der Waals surface area contributed by atoms with Crippen LogP contribution in [0.15, 0.2) is 36.7 Å². The zero-order valence-electron chi connectivity index (χ0n) is 10.0. The van der Waals surface area contributed by atoms with Crippen LogP contribution in [0.5, 0.6) is 0 Å². The van der Waals surface area contributed by atoms with Crippen molar-refractivity contribution in [2.24, 2.45) is 0 Å². The predicted octanol–water partition coefficient (Wildman–Crippen LogP) is 2.47. The average molecular weight is 293 g/mol. The molecule has 8 heteroatoms. The molecule has 2 amide bonds. The first kappa shape index (κ1) is 13.8. The number of urea groups is 1. The van der Waals surface area contributed by atoms with Gasteiger partial charge < -0.3 is 15.7 Å². The zero-order valence-corrected chi connectivity index (χ0v) is 10.8. The van der Waals surface area contributed by atoms with Crippen molar-refractivity contribution in [3.05, 3.63) is 47.5 Å². The third-order valence-corrected chi connectivity index (χ3v) is 2.43. The van der Waals surface area contributed by atoms with Gasteiger partial charge in [0.2, 0.25) is 0 Å². The number of carboxylic acids is 1. The first-order chi connectivity index (χ1) is 9.54. The van der Waals surface area contributed by atoms with Gasteiger partial charge in [0.15, 0.2) is 0 Å². The number of hydrogen-bond acceptors (Lipinski definition) is 4. The van der Waals surface area contributed by atoms with Gasteiger partial charge in [0.05, 0.1) is 0 Å². The summed E-state index contributed by atoms with van der Waals surface area (Å²) >= 11 is 5.69. The Bertz CT molecular complexity index is 663. The summed E-state index contributed by atoms with van der Waals surface area (Å²) in [6.07, 6.45) is 2.75. The molecular formula is C12H9ClN4O3. The quantitative estimate of drug-likeness (QED) is 0.754. The minimum absolute atomic E-state index is 0.158. The molecular weight excluding hydrogens is 284 g/mol. The van der Waals surface area contributed by atoms with Gasteiger partial charge in [0.25, 0.3) is 0 Å². The molecule has 0 fully saturated rings. The van der Waals surface area contributed by atoms with Gasteiger partial charge >= 0.3 is 12.0 Å². The number of hydrogen-bond donors (Lipinski definition) is 3. The lowest BCUT2D eigenvalue weighted by Crippen LogP contribution is -2.19. The normalized spacial score (nSPS) is 9.85. The molecule has 0 aliphatic carbocycles. The van der Waals surface area contributed by atoms with Crippen molar-refractivity contribution >= 4 is 35.0 Å². The van der Waals surface area contributed by atoms with Crippen LogP contribution in [0.1, 0.15) is 10.5 Å². The summed E-state index contributed by atoms with van der Waals surface area (Å²) in [5, 5.41) is 14.1. The van der Waals surface area contributed by atoms with Crippen LogP contribution in [0, 0.1) is 0 Å². The van der Waals surface area contributed by atoms with E-state index in [4.69, 9.17) is 16.7 Å². The van der Waals surface area contributed by atoms with Crippen LogP contribution in [0.3, 0.4) is 0 Å². The summed E-state index contributed by atoms with van der Waals surface area (Å²) in [4.78, 5) is 29.9. The van der Waals surface area contributed by atoms with Gasteiger partial charge in [-0.25, -0.2) is 19.6 Å². The summed E-state index contributed by atoms with van der Waals surface area (Å²) in [6.45, 7) is 0. The summed E-state index contributed by atoms with van der Waals surface area (Å²) < 4.78 is 0. The van der Waals surface area contributed by atoms with Gasteiger partial charge in [-0.3, -0.25) is 0 Å². The molecule has 0 bridgehead atoms. The zero-order chi connectivity index (χ0) is 14.5. The Kier molecular flexibility index (Phi) is 4.11. The second-order valence-corrected chi connectivity index (χ2v) is 4.07. The van der Waals surface area contributed by atoms with Gasteiger partial charge in [0, 0.05) is 23.8 Å². The van der Waals surface area contributed by atoms with E-state index in [2.05, 4.69) is 20.6 Å². The summed E-state index contributed by atoms with van der Waals surface area (Å²) in [5.41, 5.74) is 0.625. The van der Waals surface area contributed by atoms with E-state index in [1.54, 1.807) is 6.07 Å². The van der Waals surface area contributed by atoms with Crippen LogP contribution in [0.4, 0.5) is 16.2 Å². The number of nitrogens with zero attached hydrogens (tertiary/aromatic N) is 2. The lowest BCUT2D eigenvalue weighted by atomic mass is 10.3. The van der Waals surface area contributed by atoms with E-state index in [0.717, 1.165) is 0 Å². The molecule has 2 aromatic heterocycles. The number of rotatable bonds is 3. The molecule has 0 aliphatic rings. The molecule has 3 N–H and O–H groups in total. The van der Waals surface area contributed by atoms with Crippen LogP contribution in [0.25, 0.3) is 0 Å². The number of halogens is 1. The van der Waals surface area contributed by atoms with Crippen molar-refractivity contribution in [3.8, 4) is 0 Å². The highest BCUT2D eigenvalue weighted by molar-refractivity contribution is 6.29. The third-order valence-electron chi connectivity index (χ3n) is 2.22. The number of nitrogens with one attached hydrogen (secondary N) is 2. The topological polar surface area (TPSA) is 104 Å². The maximum Gasteiger partial charge on any atom is 0.354 e. The van der Waals surface area contributed by atoms with Crippen LogP contribution in [-0.4, -0.2) is 27.1 Å². The monoisotopic (exact) mass is 292 g/mol. The summed E-state index contributed by atoms with van der Waals surface area (Å²) in [6, 6.07) is 5.25. The molecule has 0 spiro atoms. The van der Waals surface area contributed by atoms with Crippen molar-refractivity contribution in [1.29, 1.82) is 0 Å². The van der Waals surface area contributed by atoms with E-state index in [1.165, 1.54) is 30.6 Å². The minimum atomic E-state index is -1.17. The standard InChI is InChI=1S/C12H9ClN4O3/c13-10-6-8(2-4-15-10)17-12(20)16-7-1-3-14-9(5-7)11(18)19/h1-6H,(H,18,19)(H2,14,15,16,17,20). The maximum atomic E-state index is 11.7. The van der Waals surface area contributed by atoms with Gasteiger partial charge in [-0.1, -0.05) is 11.6 Å². The Labute approximate surface area is 118 Å². The van der Waals surface area contributed by atoms with Gasteiger partial charge in [0.1, 0.15) is 10.8 Å². The van der Waals surface area contributed by atoms with Crippen molar-refractivity contribution < 1.29 is 14.7 Å². The number of aromatic nitrogens is 2. The van der Waals surface area contributed by atoms with Crippen molar-refractivity contribution in [3.63, 3.8) is 0 Å². The number of aromatic carboxylic acids is 1. The maximum absolute atomic E-state index is 11.7. The van der Waals surface area contributed by atoms with Crippen LogP contribution in [0.2, 0.25) is 5.15 Å². The molecule has 102 valence electrons. The molecule has 2 aromatic rings. The lowest BCUT2D eigenvalue weighted by Gasteiger charge is -2.07. The molecule has 20 heavy (non-hydrogen) atoms. The van der Waals surface area contributed by atoms with E-state index < -0.39 is 12.0 Å². The SMILES string of the molecule is O=C(Nc1ccnc(Cl)c1)Nc1ccnc(C(=O)O)c1. The number of carboxylic acid groups (broad SMARTS) is 1. The highest BCUT2D eigenvalue weighted by Crippen LogP contribution is 2.13. The molecule has 2 rings (SSSR count). The fraction of sp³-hybridized carbons (Fsp3) is 0. The van der Waals surface area contributed by atoms with Crippen LogP contribution >= 0.6 is 11.6 Å². The van der Waals surface area contributed by atoms with Gasteiger partial charge in [-0.2, -0.15) is 0 Å². The molecule has 0 unspecified atom stereocenters. The molecule has 2 heterocycles. The number of carbonyl (C=O) groups is 2. The number of carbonyl (C=O) groups excluding carboxylic acids is 1. The molecule has 7 nitrogen and oxygen atoms in total. The van der Waals surface area contributed by atoms with Crippen LogP contribution in [-0.2, 0) is 0 Å². The molecule has 0 saturated heterocycles. The highest BCUT2D eigenvalue weighted by Gasteiger charge is 2.07. The fourth-order valence-corrected chi connectivity index (χ4v) is 1.57. The van der Waals surface area contributed by atoms with E-state index in [9.17, 15) is 9.59 Å². The lowest BCUT2D eigenvalue weighted by molar-refractivity contribution is 0.0690. The van der Waals surface area contributed by atoms with E-state index in [1.807, 2.05) is 0 Å². The molecule has 0 aromatic carbocycles.